The predicted octanol–water partition coefficient (Wildman–Crippen LogP) is 4.27. The first-order chi connectivity index (χ1) is 8.97. The van der Waals surface area contributed by atoms with Gasteiger partial charge in [0.1, 0.15) is 5.82 Å². The second-order valence-corrected chi connectivity index (χ2v) is 4.11. The van der Waals surface area contributed by atoms with Crippen LogP contribution in [0.1, 0.15) is 0 Å². The Labute approximate surface area is 111 Å². The van der Waals surface area contributed by atoms with Gasteiger partial charge >= 0.3 is 0 Å². The van der Waals surface area contributed by atoms with Crippen molar-refractivity contribution in [3.05, 3.63) is 63.2 Å². The van der Waals surface area contributed by atoms with Gasteiger partial charge in [-0.1, -0.05) is 11.6 Å². The normalized spacial score (nSPS) is 10.3. The quantitative estimate of drug-likeness (QED) is 0.676. The summed E-state index contributed by atoms with van der Waals surface area (Å²) in [6, 6.07) is 7.35. The summed E-state index contributed by atoms with van der Waals surface area (Å²) < 4.78 is 26.6. The van der Waals surface area contributed by atoms with Gasteiger partial charge in [-0.15, -0.1) is 0 Å². The molecule has 0 bridgehead atoms. The lowest BCUT2D eigenvalue weighted by atomic mass is 10.2. The number of halogens is 3. The van der Waals surface area contributed by atoms with Crippen molar-refractivity contribution in [2.45, 2.75) is 0 Å². The van der Waals surface area contributed by atoms with Crippen LogP contribution in [0, 0.1) is 21.7 Å². The average molecular weight is 285 g/mol. The molecule has 2 rings (SSSR count). The molecule has 0 spiro atoms. The van der Waals surface area contributed by atoms with Gasteiger partial charge in [0, 0.05) is 16.8 Å². The third-order valence-electron chi connectivity index (χ3n) is 2.34. The first-order valence-electron chi connectivity index (χ1n) is 5.13. The Balaban J connectivity index is 2.44. The van der Waals surface area contributed by atoms with E-state index in [1.165, 1.54) is 24.3 Å². The zero-order valence-corrected chi connectivity index (χ0v) is 10.1. The molecule has 2 aromatic rings. The van der Waals surface area contributed by atoms with Crippen LogP contribution in [0.4, 0.5) is 25.8 Å². The number of nitro benzene ring substituents is 1. The molecule has 0 fully saturated rings. The second-order valence-electron chi connectivity index (χ2n) is 3.67. The van der Waals surface area contributed by atoms with Gasteiger partial charge in [-0.05, 0) is 24.3 Å². The fourth-order valence-corrected chi connectivity index (χ4v) is 1.63. The lowest BCUT2D eigenvalue weighted by molar-refractivity contribution is -0.384. The van der Waals surface area contributed by atoms with Crippen LogP contribution in [0.3, 0.4) is 0 Å². The Hall–Kier alpha value is -2.21. The largest absolute Gasteiger partial charge is 0.347 e. The molecule has 0 amide bonds. The highest BCUT2D eigenvalue weighted by Crippen LogP contribution is 2.31. The first-order valence-corrected chi connectivity index (χ1v) is 5.51. The van der Waals surface area contributed by atoms with Crippen LogP contribution in [0.25, 0.3) is 0 Å². The van der Waals surface area contributed by atoms with Gasteiger partial charge in [0.05, 0.1) is 11.0 Å². The Bertz CT molecular complexity index is 632. The van der Waals surface area contributed by atoms with E-state index in [-0.39, 0.29) is 0 Å². The summed E-state index contributed by atoms with van der Waals surface area (Å²) in [6.07, 6.45) is 0. The van der Waals surface area contributed by atoms with Gasteiger partial charge in [-0.3, -0.25) is 10.1 Å². The number of hydrogen-bond acceptors (Lipinski definition) is 3. The van der Waals surface area contributed by atoms with Crippen LogP contribution in [-0.4, -0.2) is 4.92 Å². The fourth-order valence-electron chi connectivity index (χ4n) is 1.51. The summed E-state index contributed by atoms with van der Waals surface area (Å²) in [4.78, 5) is 9.92. The van der Waals surface area contributed by atoms with Crippen LogP contribution in [-0.2, 0) is 0 Å². The van der Waals surface area contributed by atoms with Gasteiger partial charge in [0.15, 0.2) is 11.5 Å². The topological polar surface area (TPSA) is 55.2 Å². The van der Waals surface area contributed by atoms with Crippen molar-refractivity contribution < 1.29 is 13.7 Å². The van der Waals surface area contributed by atoms with E-state index in [0.717, 1.165) is 0 Å². The number of anilines is 2. The van der Waals surface area contributed by atoms with Crippen molar-refractivity contribution in [2.24, 2.45) is 0 Å². The Kier molecular flexibility index (Phi) is 3.62. The van der Waals surface area contributed by atoms with Gasteiger partial charge in [0.25, 0.3) is 5.69 Å². The maximum atomic E-state index is 13.6. The van der Waals surface area contributed by atoms with Crippen LogP contribution < -0.4 is 5.32 Å². The van der Waals surface area contributed by atoms with Crippen molar-refractivity contribution in [1.82, 2.24) is 0 Å². The molecule has 7 heteroatoms. The average Bonchev–Trinajstić information content (AvgIpc) is 2.34. The Morgan fingerprint density at radius 2 is 1.79 bits per heavy atom. The van der Waals surface area contributed by atoms with Crippen LogP contribution in [0.2, 0.25) is 5.02 Å². The van der Waals surface area contributed by atoms with Gasteiger partial charge in [0.2, 0.25) is 0 Å². The van der Waals surface area contributed by atoms with Crippen molar-refractivity contribution in [2.75, 3.05) is 5.32 Å². The molecule has 0 heterocycles. The SMILES string of the molecule is O=[N+]([O-])c1cc(F)cc(F)c1Nc1ccc(Cl)cc1. The third-order valence-corrected chi connectivity index (χ3v) is 2.60. The molecule has 4 nitrogen and oxygen atoms in total. The van der Waals surface area contributed by atoms with Gasteiger partial charge < -0.3 is 5.32 Å². The number of nitro groups is 1. The molecule has 0 saturated heterocycles. The standard InChI is InChI=1S/C12H7ClF2N2O2/c13-7-1-3-9(4-2-7)16-12-10(15)5-8(14)6-11(12)17(18)19/h1-6,16H. The van der Waals surface area contributed by atoms with Gasteiger partial charge in [-0.25, -0.2) is 8.78 Å². The smallest absolute Gasteiger partial charge is 0.298 e. The van der Waals surface area contributed by atoms with Crippen molar-refractivity contribution in [3.63, 3.8) is 0 Å². The molecule has 0 aliphatic carbocycles. The number of nitrogens with zero attached hydrogens (tertiary/aromatic N) is 1. The van der Waals surface area contributed by atoms with E-state index in [1.54, 1.807) is 0 Å². The fraction of sp³-hybridized carbons (Fsp3) is 0. The number of hydrogen-bond donors (Lipinski definition) is 1. The monoisotopic (exact) mass is 284 g/mol. The molecule has 0 atom stereocenters. The van der Waals surface area contributed by atoms with E-state index in [2.05, 4.69) is 5.32 Å². The minimum atomic E-state index is -1.04. The van der Waals surface area contributed by atoms with Gasteiger partial charge in [-0.2, -0.15) is 0 Å². The molecule has 98 valence electrons. The van der Waals surface area contributed by atoms with Crippen molar-refractivity contribution in [3.8, 4) is 0 Å². The lowest BCUT2D eigenvalue weighted by Gasteiger charge is -2.08. The molecule has 0 unspecified atom stereocenters. The number of rotatable bonds is 3. The molecular weight excluding hydrogens is 278 g/mol. The minimum absolute atomic E-state index is 0.395. The first kappa shape index (κ1) is 13.2. The maximum absolute atomic E-state index is 13.6. The summed E-state index contributed by atoms with van der Waals surface area (Å²) in [6.45, 7) is 0. The molecule has 2 aromatic carbocycles. The molecular formula is C12H7ClF2N2O2. The summed E-state index contributed by atoms with van der Waals surface area (Å²) in [5.74, 6) is -2.05. The second kappa shape index (κ2) is 5.19. The Morgan fingerprint density at radius 3 is 2.37 bits per heavy atom. The predicted molar refractivity (Wildman–Crippen MR) is 67.7 cm³/mol. The van der Waals surface area contributed by atoms with Crippen LogP contribution >= 0.6 is 11.6 Å². The zero-order valence-electron chi connectivity index (χ0n) is 9.36. The van der Waals surface area contributed by atoms with E-state index in [1.807, 2.05) is 0 Å². The molecule has 0 radical (unpaired) electrons. The van der Waals surface area contributed by atoms with E-state index < -0.39 is 27.9 Å². The van der Waals surface area contributed by atoms with E-state index in [0.29, 0.717) is 22.8 Å². The van der Waals surface area contributed by atoms with E-state index >= 15 is 0 Å². The van der Waals surface area contributed by atoms with E-state index in [4.69, 9.17) is 11.6 Å². The highest BCUT2D eigenvalue weighted by molar-refractivity contribution is 6.30. The highest BCUT2D eigenvalue weighted by atomic mass is 35.5. The molecule has 0 saturated carbocycles. The molecule has 19 heavy (non-hydrogen) atoms. The maximum Gasteiger partial charge on any atom is 0.298 e. The lowest BCUT2D eigenvalue weighted by Crippen LogP contribution is -2.01. The summed E-state index contributed by atoms with van der Waals surface area (Å²) in [5.41, 5.74) is -0.667. The van der Waals surface area contributed by atoms with Crippen molar-refractivity contribution in [1.29, 1.82) is 0 Å². The van der Waals surface area contributed by atoms with E-state index in [9.17, 15) is 18.9 Å². The number of benzene rings is 2. The molecule has 0 aliphatic heterocycles. The summed E-state index contributed by atoms with van der Waals surface area (Å²) in [7, 11) is 0. The number of nitrogens with one attached hydrogen (secondary N) is 1. The Morgan fingerprint density at radius 1 is 1.16 bits per heavy atom. The molecule has 0 aromatic heterocycles. The third kappa shape index (κ3) is 2.97. The minimum Gasteiger partial charge on any atom is -0.347 e. The van der Waals surface area contributed by atoms with Crippen molar-refractivity contribution >= 4 is 28.7 Å². The summed E-state index contributed by atoms with van der Waals surface area (Å²) >= 11 is 5.69. The molecule has 1 N–H and O–H groups in total. The highest BCUT2D eigenvalue weighted by Gasteiger charge is 2.20. The molecule has 0 aliphatic rings. The van der Waals surface area contributed by atoms with Crippen LogP contribution in [0.5, 0.6) is 0 Å². The van der Waals surface area contributed by atoms with Crippen LogP contribution in [0.15, 0.2) is 36.4 Å². The zero-order chi connectivity index (χ0) is 14.0. The summed E-state index contributed by atoms with van der Waals surface area (Å²) in [5, 5.41) is 13.8.